The maximum Gasteiger partial charge on any atom is 0.0497 e. The first-order valence-electron chi connectivity index (χ1n) is 5.85. The third-order valence-electron chi connectivity index (χ3n) is 3.35. The summed E-state index contributed by atoms with van der Waals surface area (Å²) < 4.78 is 10.6. The van der Waals surface area contributed by atoms with Crippen molar-refractivity contribution in [2.45, 2.75) is 26.7 Å². The van der Waals surface area contributed by atoms with Gasteiger partial charge in [0, 0.05) is 27.4 Å². The van der Waals surface area contributed by atoms with E-state index in [-0.39, 0.29) is 0 Å². The van der Waals surface area contributed by atoms with Crippen LogP contribution in [-0.2, 0) is 9.47 Å². The molecule has 2 atom stereocenters. The zero-order valence-corrected chi connectivity index (χ0v) is 10.5. The summed E-state index contributed by atoms with van der Waals surface area (Å²) in [6, 6.07) is 0. The van der Waals surface area contributed by atoms with E-state index in [4.69, 9.17) is 9.47 Å². The summed E-state index contributed by atoms with van der Waals surface area (Å²) in [7, 11) is 3.57. The Balaban J connectivity index is 2.60. The summed E-state index contributed by atoms with van der Waals surface area (Å²) in [5.74, 6) is 1.95. The van der Waals surface area contributed by atoms with Gasteiger partial charge < -0.3 is 9.47 Å². The summed E-state index contributed by atoms with van der Waals surface area (Å²) in [5, 5.41) is 0. The molecule has 0 spiro atoms. The van der Waals surface area contributed by atoms with Crippen molar-refractivity contribution in [1.29, 1.82) is 0 Å². The molecule has 0 aromatic rings. The van der Waals surface area contributed by atoms with Crippen molar-refractivity contribution in [2.24, 2.45) is 17.8 Å². The van der Waals surface area contributed by atoms with Gasteiger partial charge in [-0.3, -0.25) is 0 Å². The van der Waals surface area contributed by atoms with Gasteiger partial charge in [0.1, 0.15) is 0 Å². The van der Waals surface area contributed by atoms with Crippen molar-refractivity contribution in [2.75, 3.05) is 27.4 Å². The summed E-state index contributed by atoms with van der Waals surface area (Å²) in [4.78, 5) is 0. The van der Waals surface area contributed by atoms with Crippen molar-refractivity contribution < 1.29 is 9.47 Å². The van der Waals surface area contributed by atoms with Crippen molar-refractivity contribution >= 4 is 0 Å². The minimum atomic E-state index is 0.636. The minimum Gasteiger partial charge on any atom is -0.384 e. The van der Waals surface area contributed by atoms with Crippen LogP contribution in [0.5, 0.6) is 0 Å². The second kappa shape index (κ2) is 6.29. The van der Waals surface area contributed by atoms with Gasteiger partial charge in [-0.1, -0.05) is 25.5 Å². The highest BCUT2D eigenvalue weighted by atomic mass is 16.5. The molecule has 0 aromatic carbocycles. The van der Waals surface area contributed by atoms with Crippen molar-refractivity contribution in [3.05, 3.63) is 11.6 Å². The predicted molar refractivity (Wildman–Crippen MR) is 62.9 cm³/mol. The summed E-state index contributed by atoms with van der Waals surface area (Å²) in [6.45, 7) is 6.26. The van der Waals surface area contributed by atoms with Crippen molar-refractivity contribution in [1.82, 2.24) is 0 Å². The lowest BCUT2D eigenvalue weighted by Crippen LogP contribution is -2.27. The van der Waals surface area contributed by atoms with Gasteiger partial charge >= 0.3 is 0 Å². The Bertz CT molecular complexity index is 209. The fourth-order valence-electron chi connectivity index (χ4n) is 2.35. The molecule has 15 heavy (non-hydrogen) atoms. The van der Waals surface area contributed by atoms with E-state index in [1.165, 1.54) is 6.42 Å². The first-order chi connectivity index (χ1) is 7.19. The SMILES string of the molecule is COCC1CC=C(C(C)C)CC1COC. The van der Waals surface area contributed by atoms with E-state index >= 15 is 0 Å². The first-order valence-corrected chi connectivity index (χ1v) is 5.85. The van der Waals surface area contributed by atoms with Crippen LogP contribution in [0.25, 0.3) is 0 Å². The van der Waals surface area contributed by atoms with Gasteiger partial charge in [-0.2, -0.15) is 0 Å². The number of ether oxygens (including phenoxy) is 2. The molecule has 0 amide bonds. The Hall–Kier alpha value is -0.340. The van der Waals surface area contributed by atoms with Crippen LogP contribution >= 0.6 is 0 Å². The van der Waals surface area contributed by atoms with Crippen molar-refractivity contribution in [3.8, 4) is 0 Å². The molecule has 2 nitrogen and oxygen atoms in total. The first kappa shape index (κ1) is 12.7. The Morgan fingerprint density at radius 1 is 1.20 bits per heavy atom. The Labute approximate surface area is 93.7 Å². The molecule has 2 unspecified atom stereocenters. The second-order valence-corrected chi connectivity index (χ2v) is 4.80. The number of methoxy groups -OCH3 is 2. The number of rotatable bonds is 5. The second-order valence-electron chi connectivity index (χ2n) is 4.80. The van der Waals surface area contributed by atoms with E-state index in [0.717, 1.165) is 19.6 Å². The average molecular weight is 212 g/mol. The number of hydrogen-bond donors (Lipinski definition) is 0. The van der Waals surface area contributed by atoms with Gasteiger partial charge in [0.05, 0.1) is 0 Å². The molecule has 0 saturated heterocycles. The summed E-state index contributed by atoms with van der Waals surface area (Å²) in [6.07, 6.45) is 4.73. The molecule has 0 aromatic heterocycles. The topological polar surface area (TPSA) is 18.5 Å². The molecular weight excluding hydrogens is 188 g/mol. The van der Waals surface area contributed by atoms with Crippen LogP contribution in [0.2, 0.25) is 0 Å². The van der Waals surface area contributed by atoms with Crippen LogP contribution in [0.1, 0.15) is 26.7 Å². The van der Waals surface area contributed by atoms with E-state index in [1.54, 1.807) is 19.8 Å². The number of allylic oxidation sites excluding steroid dienone is 2. The average Bonchev–Trinajstić information content (AvgIpc) is 2.21. The lowest BCUT2D eigenvalue weighted by molar-refractivity contribution is 0.0657. The third kappa shape index (κ3) is 3.62. The molecular formula is C13H24O2. The molecule has 0 N–H and O–H groups in total. The van der Waals surface area contributed by atoms with E-state index in [0.29, 0.717) is 17.8 Å². The third-order valence-corrected chi connectivity index (χ3v) is 3.35. The Morgan fingerprint density at radius 3 is 2.33 bits per heavy atom. The van der Waals surface area contributed by atoms with Crippen LogP contribution in [-0.4, -0.2) is 27.4 Å². The van der Waals surface area contributed by atoms with Gasteiger partial charge in [-0.05, 0) is 30.6 Å². The smallest absolute Gasteiger partial charge is 0.0497 e. The molecule has 2 heteroatoms. The van der Waals surface area contributed by atoms with E-state index in [1.807, 2.05) is 0 Å². The van der Waals surface area contributed by atoms with Gasteiger partial charge in [0.25, 0.3) is 0 Å². The minimum absolute atomic E-state index is 0.636. The zero-order valence-electron chi connectivity index (χ0n) is 10.5. The Morgan fingerprint density at radius 2 is 1.80 bits per heavy atom. The summed E-state index contributed by atoms with van der Waals surface area (Å²) >= 11 is 0. The lowest BCUT2D eigenvalue weighted by Gasteiger charge is -2.31. The van der Waals surface area contributed by atoms with Crippen LogP contribution in [0.4, 0.5) is 0 Å². The molecule has 0 aliphatic heterocycles. The van der Waals surface area contributed by atoms with Gasteiger partial charge in [0.2, 0.25) is 0 Å². The molecule has 0 radical (unpaired) electrons. The fourth-order valence-corrected chi connectivity index (χ4v) is 2.35. The van der Waals surface area contributed by atoms with E-state index < -0.39 is 0 Å². The van der Waals surface area contributed by atoms with E-state index in [9.17, 15) is 0 Å². The fraction of sp³-hybridized carbons (Fsp3) is 0.846. The standard InChI is InChI=1S/C13H24O2/c1-10(2)11-5-6-12(8-14-3)13(7-11)9-15-4/h5,10,12-13H,6-9H2,1-4H3. The highest BCUT2D eigenvalue weighted by Crippen LogP contribution is 2.33. The molecule has 0 fully saturated rings. The molecule has 0 bridgehead atoms. The lowest BCUT2D eigenvalue weighted by atomic mass is 9.77. The van der Waals surface area contributed by atoms with Crippen LogP contribution in [0.15, 0.2) is 11.6 Å². The molecule has 88 valence electrons. The van der Waals surface area contributed by atoms with E-state index in [2.05, 4.69) is 19.9 Å². The van der Waals surface area contributed by atoms with Gasteiger partial charge in [-0.25, -0.2) is 0 Å². The highest BCUT2D eigenvalue weighted by molar-refractivity contribution is 5.10. The molecule has 0 heterocycles. The van der Waals surface area contributed by atoms with Crippen LogP contribution < -0.4 is 0 Å². The zero-order chi connectivity index (χ0) is 11.3. The predicted octanol–water partition coefficient (Wildman–Crippen LogP) is 2.89. The maximum atomic E-state index is 5.30. The van der Waals surface area contributed by atoms with Crippen molar-refractivity contribution in [3.63, 3.8) is 0 Å². The molecule has 1 aliphatic rings. The van der Waals surface area contributed by atoms with Gasteiger partial charge in [-0.15, -0.1) is 0 Å². The normalized spacial score (nSPS) is 26.9. The molecule has 0 saturated carbocycles. The van der Waals surface area contributed by atoms with Crippen LogP contribution in [0, 0.1) is 17.8 Å². The monoisotopic (exact) mass is 212 g/mol. The molecule has 1 aliphatic carbocycles. The largest absolute Gasteiger partial charge is 0.384 e. The van der Waals surface area contributed by atoms with Crippen LogP contribution in [0.3, 0.4) is 0 Å². The quantitative estimate of drug-likeness (QED) is 0.652. The number of hydrogen-bond acceptors (Lipinski definition) is 2. The Kier molecular flexibility index (Phi) is 5.34. The van der Waals surface area contributed by atoms with Gasteiger partial charge in [0.15, 0.2) is 0 Å². The summed E-state index contributed by atoms with van der Waals surface area (Å²) in [5.41, 5.74) is 1.59. The maximum absolute atomic E-state index is 5.30. The highest BCUT2D eigenvalue weighted by Gasteiger charge is 2.26. The molecule has 1 rings (SSSR count).